The van der Waals surface area contributed by atoms with Crippen molar-refractivity contribution >= 4 is 11.9 Å². The van der Waals surface area contributed by atoms with E-state index in [2.05, 4.69) is 5.10 Å². The largest absolute Gasteiger partial charge is 0.504 e. The molecule has 0 radical (unpaired) electrons. The van der Waals surface area contributed by atoms with Gasteiger partial charge in [0.2, 0.25) is 0 Å². The molecule has 2 aromatic rings. The molecule has 0 unspecified atom stereocenters. The number of benzene rings is 1. The van der Waals surface area contributed by atoms with Gasteiger partial charge < -0.3 is 9.84 Å². The van der Waals surface area contributed by atoms with Crippen molar-refractivity contribution in [1.82, 2.24) is 9.78 Å². The van der Waals surface area contributed by atoms with Crippen LogP contribution in [-0.4, -0.2) is 27.8 Å². The van der Waals surface area contributed by atoms with Crippen LogP contribution in [0.25, 0.3) is 6.08 Å². The minimum atomic E-state index is 0.0244. The van der Waals surface area contributed by atoms with Crippen LogP contribution in [0.2, 0.25) is 0 Å². The lowest BCUT2D eigenvalue weighted by molar-refractivity contribution is 0.102. The summed E-state index contributed by atoms with van der Waals surface area (Å²) in [6.07, 6.45) is 4.97. The summed E-state index contributed by atoms with van der Waals surface area (Å²) in [5.74, 6) is 0.509. The minimum Gasteiger partial charge on any atom is -0.504 e. The first-order chi connectivity index (χ1) is 10.1. The molecule has 0 atom stereocenters. The fourth-order valence-corrected chi connectivity index (χ4v) is 2.61. The second kappa shape index (κ2) is 5.09. The van der Waals surface area contributed by atoms with Crippen molar-refractivity contribution in [3.05, 3.63) is 46.8 Å². The fraction of sp³-hybridized carbons (Fsp3) is 0.250. The summed E-state index contributed by atoms with van der Waals surface area (Å²) in [6, 6.07) is 5.04. The number of ether oxygens (including phenoxy) is 1. The molecule has 1 aromatic heterocycles. The van der Waals surface area contributed by atoms with Gasteiger partial charge in [-0.15, -0.1) is 0 Å². The second-order valence-corrected chi connectivity index (χ2v) is 5.06. The molecule has 1 heterocycles. The van der Waals surface area contributed by atoms with E-state index in [1.165, 1.54) is 7.11 Å². The zero-order valence-corrected chi connectivity index (χ0v) is 12.0. The highest BCUT2D eigenvalue weighted by Gasteiger charge is 2.24. The highest BCUT2D eigenvalue weighted by molar-refractivity contribution is 6.12. The number of aromatic hydroxyl groups is 1. The minimum absolute atomic E-state index is 0.0244. The molecule has 108 valence electrons. The second-order valence-electron chi connectivity index (χ2n) is 5.06. The first-order valence-corrected chi connectivity index (χ1v) is 6.73. The molecule has 5 nitrogen and oxygen atoms in total. The average molecular weight is 284 g/mol. The molecule has 0 saturated carbocycles. The predicted octanol–water partition coefficient (Wildman–Crippen LogP) is 2.35. The third-order valence-electron chi connectivity index (χ3n) is 3.77. The molecule has 1 aliphatic rings. The first kappa shape index (κ1) is 13.4. The Labute approximate surface area is 122 Å². The molecule has 21 heavy (non-hydrogen) atoms. The van der Waals surface area contributed by atoms with Crippen molar-refractivity contribution in [3.63, 3.8) is 0 Å². The number of carbonyl (C=O) groups is 1. The molecule has 3 rings (SSSR count). The average Bonchev–Trinajstić information content (AvgIpc) is 2.86. The van der Waals surface area contributed by atoms with Crippen LogP contribution in [0.3, 0.4) is 0 Å². The Hall–Kier alpha value is -2.56. The maximum absolute atomic E-state index is 12.5. The molecule has 1 N–H and O–H groups in total. The maximum atomic E-state index is 12.5. The normalized spacial score (nSPS) is 16.1. The van der Waals surface area contributed by atoms with Crippen LogP contribution in [0.1, 0.15) is 28.0 Å². The molecule has 1 aromatic carbocycles. The van der Waals surface area contributed by atoms with Gasteiger partial charge in [-0.1, -0.05) is 6.07 Å². The Morgan fingerprint density at radius 1 is 1.38 bits per heavy atom. The predicted molar refractivity (Wildman–Crippen MR) is 78.5 cm³/mol. The third-order valence-corrected chi connectivity index (χ3v) is 3.77. The van der Waals surface area contributed by atoms with Crippen LogP contribution >= 0.6 is 0 Å². The van der Waals surface area contributed by atoms with Gasteiger partial charge in [-0.25, -0.2) is 0 Å². The van der Waals surface area contributed by atoms with Crippen LogP contribution in [0.5, 0.6) is 11.5 Å². The summed E-state index contributed by atoms with van der Waals surface area (Å²) < 4.78 is 6.84. The van der Waals surface area contributed by atoms with E-state index in [1.54, 1.807) is 29.1 Å². The number of fused-ring (bicyclic) bond motifs is 1. The van der Waals surface area contributed by atoms with Gasteiger partial charge >= 0.3 is 0 Å². The molecule has 0 saturated heterocycles. The topological polar surface area (TPSA) is 64.4 Å². The number of ketones is 1. The van der Waals surface area contributed by atoms with Crippen LogP contribution in [-0.2, 0) is 13.5 Å². The van der Waals surface area contributed by atoms with Crippen molar-refractivity contribution < 1.29 is 14.6 Å². The molecule has 0 amide bonds. The third kappa shape index (κ3) is 2.31. The molecular weight excluding hydrogens is 268 g/mol. The molecule has 0 fully saturated rings. The Morgan fingerprint density at radius 3 is 2.95 bits per heavy atom. The molecule has 5 heteroatoms. The lowest BCUT2D eigenvalue weighted by atomic mass is 9.90. The summed E-state index contributed by atoms with van der Waals surface area (Å²) in [7, 11) is 3.35. The van der Waals surface area contributed by atoms with E-state index >= 15 is 0 Å². The molecule has 1 aliphatic carbocycles. The first-order valence-electron chi connectivity index (χ1n) is 6.73. The SMILES string of the molecule is COc1cc(C=C2CCc3c(cnn3C)C2=O)ccc1O. The number of aromatic nitrogens is 2. The lowest BCUT2D eigenvalue weighted by Gasteiger charge is -2.14. The van der Waals surface area contributed by atoms with E-state index in [4.69, 9.17) is 4.74 Å². The number of hydrogen-bond acceptors (Lipinski definition) is 4. The van der Waals surface area contributed by atoms with E-state index < -0.39 is 0 Å². The van der Waals surface area contributed by atoms with Crippen molar-refractivity contribution in [3.8, 4) is 11.5 Å². The van der Waals surface area contributed by atoms with Crippen molar-refractivity contribution in [2.24, 2.45) is 7.05 Å². The van der Waals surface area contributed by atoms with Gasteiger partial charge in [0.25, 0.3) is 0 Å². The zero-order chi connectivity index (χ0) is 15.0. The Balaban J connectivity index is 1.96. The monoisotopic (exact) mass is 284 g/mol. The van der Waals surface area contributed by atoms with E-state index in [1.807, 2.05) is 13.1 Å². The van der Waals surface area contributed by atoms with E-state index in [9.17, 15) is 9.90 Å². The van der Waals surface area contributed by atoms with Gasteiger partial charge in [0, 0.05) is 18.3 Å². The number of phenols is 1. The van der Waals surface area contributed by atoms with Gasteiger partial charge in [0.15, 0.2) is 17.3 Å². The highest BCUT2D eigenvalue weighted by atomic mass is 16.5. The summed E-state index contributed by atoms with van der Waals surface area (Å²) >= 11 is 0. The maximum Gasteiger partial charge on any atom is 0.192 e. The summed E-state index contributed by atoms with van der Waals surface area (Å²) in [5.41, 5.74) is 3.25. The van der Waals surface area contributed by atoms with Gasteiger partial charge in [0.05, 0.1) is 18.9 Å². The standard InChI is InChI=1S/C16H16N2O3/c1-18-13-5-4-11(16(20)12(13)9-17-18)7-10-3-6-14(19)15(8-10)21-2/h3,6-9,19H,4-5H2,1-2H3. The van der Waals surface area contributed by atoms with Gasteiger partial charge in [-0.05, 0) is 36.6 Å². The zero-order valence-electron chi connectivity index (χ0n) is 12.0. The van der Waals surface area contributed by atoms with Crippen LogP contribution in [0.15, 0.2) is 30.0 Å². The molecule has 0 spiro atoms. The van der Waals surface area contributed by atoms with E-state index in [0.717, 1.165) is 23.3 Å². The fourth-order valence-electron chi connectivity index (χ4n) is 2.61. The number of methoxy groups -OCH3 is 1. The summed E-state index contributed by atoms with van der Waals surface area (Å²) in [5, 5.41) is 13.7. The number of hydrogen-bond donors (Lipinski definition) is 1. The lowest BCUT2D eigenvalue weighted by Crippen LogP contribution is -2.14. The molecule has 0 bridgehead atoms. The van der Waals surface area contributed by atoms with E-state index in [-0.39, 0.29) is 11.5 Å². The van der Waals surface area contributed by atoms with Gasteiger partial charge in [-0.3, -0.25) is 9.48 Å². The molecular formula is C16H16N2O3. The van der Waals surface area contributed by atoms with Crippen molar-refractivity contribution in [1.29, 1.82) is 0 Å². The highest BCUT2D eigenvalue weighted by Crippen LogP contribution is 2.30. The van der Waals surface area contributed by atoms with Crippen LogP contribution in [0, 0.1) is 0 Å². The van der Waals surface area contributed by atoms with Crippen LogP contribution < -0.4 is 4.74 Å². The number of nitrogens with zero attached hydrogens (tertiary/aromatic N) is 2. The number of aryl methyl sites for hydroxylation is 1. The number of allylic oxidation sites excluding steroid dienone is 1. The Morgan fingerprint density at radius 2 is 2.19 bits per heavy atom. The van der Waals surface area contributed by atoms with Gasteiger partial charge in [-0.2, -0.15) is 5.10 Å². The number of Topliss-reactive ketones (excluding diaryl/α,β-unsaturated/α-hetero) is 1. The van der Waals surface area contributed by atoms with Crippen LogP contribution in [0.4, 0.5) is 0 Å². The number of carbonyl (C=O) groups excluding carboxylic acids is 1. The smallest absolute Gasteiger partial charge is 0.192 e. The summed E-state index contributed by atoms with van der Waals surface area (Å²) in [6.45, 7) is 0. The van der Waals surface area contributed by atoms with E-state index in [0.29, 0.717) is 17.7 Å². The Kier molecular flexibility index (Phi) is 3.25. The quantitative estimate of drug-likeness (QED) is 0.860. The van der Waals surface area contributed by atoms with Crippen molar-refractivity contribution in [2.45, 2.75) is 12.8 Å². The Bertz CT molecular complexity index is 744. The number of phenolic OH excluding ortho intramolecular Hbond substituents is 1. The van der Waals surface area contributed by atoms with Crippen molar-refractivity contribution in [2.75, 3.05) is 7.11 Å². The summed E-state index contributed by atoms with van der Waals surface area (Å²) in [4.78, 5) is 12.5. The molecule has 0 aliphatic heterocycles. The number of rotatable bonds is 2. The van der Waals surface area contributed by atoms with Gasteiger partial charge in [0.1, 0.15) is 0 Å².